The summed E-state index contributed by atoms with van der Waals surface area (Å²) >= 11 is 7.45. The third-order valence-corrected chi connectivity index (χ3v) is 5.21. The van der Waals surface area contributed by atoms with Crippen molar-refractivity contribution >= 4 is 28.8 Å². The van der Waals surface area contributed by atoms with Crippen molar-refractivity contribution in [2.75, 3.05) is 7.05 Å². The third-order valence-electron chi connectivity index (χ3n) is 3.99. The van der Waals surface area contributed by atoms with Crippen molar-refractivity contribution < 1.29 is 4.79 Å². The van der Waals surface area contributed by atoms with Crippen LogP contribution in [0, 0.1) is 17.8 Å². The van der Waals surface area contributed by atoms with Gasteiger partial charge in [0.05, 0.1) is 10.9 Å². The predicted octanol–water partition coefficient (Wildman–Crippen LogP) is 3.41. The molecule has 0 bridgehead atoms. The smallest absolute Gasteiger partial charge is 0.225 e. The summed E-state index contributed by atoms with van der Waals surface area (Å²) in [7, 11) is 1.90. The van der Waals surface area contributed by atoms with Gasteiger partial charge in [-0.25, -0.2) is 0 Å². The molecular formula is C13H16ClNOS. The maximum Gasteiger partial charge on any atom is 0.225 e. The van der Waals surface area contributed by atoms with Gasteiger partial charge >= 0.3 is 0 Å². The summed E-state index contributed by atoms with van der Waals surface area (Å²) < 4.78 is 0.794. The van der Waals surface area contributed by atoms with E-state index < -0.39 is 0 Å². The maximum absolute atomic E-state index is 12.2. The lowest BCUT2D eigenvalue weighted by Crippen LogP contribution is -2.31. The van der Waals surface area contributed by atoms with Crippen molar-refractivity contribution in [1.82, 2.24) is 4.90 Å². The number of nitrogens with zero attached hydrogens (tertiary/aromatic N) is 1. The number of carbonyl (C=O) groups is 1. The van der Waals surface area contributed by atoms with Gasteiger partial charge in [0.25, 0.3) is 0 Å². The van der Waals surface area contributed by atoms with Crippen LogP contribution < -0.4 is 0 Å². The van der Waals surface area contributed by atoms with E-state index in [0.29, 0.717) is 18.4 Å². The zero-order valence-electron chi connectivity index (χ0n) is 9.86. The molecule has 2 unspecified atom stereocenters. The molecule has 0 N–H and O–H groups in total. The molecule has 1 aromatic rings. The molecule has 0 spiro atoms. The fourth-order valence-corrected chi connectivity index (χ4v) is 4.12. The molecule has 92 valence electrons. The molecule has 0 aliphatic heterocycles. The van der Waals surface area contributed by atoms with E-state index >= 15 is 0 Å². The second kappa shape index (κ2) is 4.29. The lowest BCUT2D eigenvalue weighted by atomic mass is 10.0. The van der Waals surface area contributed by atoms with E-state index in [1.165, 1.54) is 6.42 Å². The van der Waals surface area contributed by atoms with Gasteiger partial charge in [-0.3, -0.25) is 4.79 Å². The lowest BCUT2D eigenvalue weighted by Gasteiger charge is -2.21. The van der Waals surface area contributed by atoms with Crippen LogP contribution in [0.4, 0.5) is 0 Å². The number of rotatable bonds is 3. The molecule has 2 fully saturated rings. The molecule has 0 saturated heterocycles. The minimum absolute atomic E-state index is 0.291. The van der Waals surface area contributed by atoms with Crippen LogP contribution in [0.15, 0.2) is 12.1 Å². The van der Waals surface area contributed by atoms with Crippen LogP contribution in [0.1, 0.15) is 24.1 Å². The average molecular weight is 270 g/mol. The number of hydrogen-bond acceptors (Lipinski definition) is 2. The van der Waals surface area contributed by atoms with Gasteiger partial charge in [0.15, 0.2) is 0 Å². The molecule has 4 heteroatoms. The summed E-state index contributed by atoms with van der Waals surface area (Å²) in [5.41, 5.74) is 0. The Bertz CT molecular complexity index is 434. The summed E-state index contributed by atoms with van der Waals surface area (Å²) in [6, 6.07) is 3.90. The molecule has 0 aromatic carbocycles. The molecule has 2 nitrogen and oxygen atoms in total. The van der Waals surface area contributed by atoms with E-state index in [0.717, 1.165) is 33.9 Å². The van der Waals surface area contributed by atoms with Gasteiger partial charge in [-0.05, 0) is 43.2 Å². The largest absolute Gasteiger partial charge is 0.340 e. The molecule has 1 aromatic heterocycles. The van der Waals surface area contributed by atoms with Gasteiger partial charge in [-0.2, -0.15) is 0 Å². The quantitative estimate of drug-likeness (QED) is 0.824. The highest BCUT2D eigenvalue weighted by Gasteiger charge is 2.48. The normalized spacial score (nSPS) is 30.1. The number of fused-ring (bicyclic) bond motifs is 1. The fraction of sp³-hybridized carbons (Fsp3) is 0.615. The van der Waals surface area contributed by atoms with Gasteiger partial charge in [0.2, 0.25) is 5.91 Å². The first-order valence-electron chi connectivity index (χ1n) is 6.12. The van der Waals surface area contributed by atoms with Crippen molar-refractivity contribution in [1.29, 1.82) is 0 Å². The molecule has 2 aliphatic rings. The Balaban J connectivity index is 1.58. The van der Waals surface area contributed by atoms with Gasteiger partial charge in [-0.15, -0.1) is 11.3 Å². The summed E-state index contributed by atoms with van der Waals surface area (Å²) in [4.78, 5) is 15.2. The van der Waals surface area contributed by atoms with Crippen LogP contribution in [0.3, 0.4) is 0 Å². The molecule has 1 heterocycles. The molecular weight excluding hydrogens is 254 g/mol. The molecule has 2 atom stereocenters. The zero-order chi connectivity index (χ0) is 12.0. The van der Waals surface area contributed by atoms with Crippen molar-refractivity contribution in [2.24, 2.45) is 17.8 Å². The molecule has 17 heavy (non-hydrogen) atoms. The Morgan fingerprint density at radius 3 is 2.71 bits per heavy atom. The summed E-state index contributed by atoms with van der Waals surface area (Å²) in [6.45, 7) is 0.696. The van der Waals surface area contributed by atoms with E-state index in [4.69, 9.17) is 11.6 Å². The number of halogens is 1. The van der Waals surface area contributed by atoms with Crippen LogP contribution in [0.2, 0.25) is 4.34 Å². The molecule has 0 radical (unpaired) electrons. The Morgan fingerprint density at radius 1 is 1.41 bits per heavy atom. The third kappa shape index (κ3) is 2.36. The monoisotopic (exact) mass is 269 g/mol. The van der Waals surface area contributed by atoms with Gasteiger partial charge < -0.3 is 4.90 Å². The topological polar surface area (TPSA) is 20.3 Å². The van der Waals surface area contributed by atoms with Crippen LogP contribution in [0.5, 0.6) is 0 Å². The molecule has 2 aliphatic carbocycles. The van der Waals surface area contributed by atoms with Crippen LogP contribution >= 0.6 is 22.9 Å². The van der Waals surface area contributed by atoms with Gasteiger partial charge in [0, 0.05) is 17.8 Å². The number of carbonyl (C=O) groups excluding carboxylic acids is 1. The first-order valence-corrected chi connectivity index (χ1v) is 7.32. The minimum atomic E-state index is 0.291. The van der Waals surface area contributed by atoms with Crippen LogP contribution in [-0.2, 0) is 11.3 Å². The van der Waals surface area contributed by atoms with Crippen molar-refractivity contribution in [3.8, 4) is 0 Å². The Morgan fingerprint density at radius 2 is 2.12 bits per heavy atom. The standard InChI is InChI=1S/C13H16ClNOS/c1-15(7-11-2-3-12(14)17-11)13(16)10-5-8-4-9(8)6-10/h2-3,8-10H,4-7H2,1H3. The number of hydrogen-bond donors (Lipinski definition) is 0. The van der Waals surface area contributed by atoms with E-state index in [9.17, 15) is 4.79 Å². The number of thiophene rings is 1. The lowest BCUT2D eigenvalue weighted by molar-refractivity contribution is -0.134. The molecule has 1 amide bonds. The van der Waals surface area contributed by atoms with Crippen LogP contribution in [0.25, 0.3) is 0 Å². The van der Waals surface area contributed by atoms with Gasteiger partial charge in [-0.1, -0.05) is 11.6 Å². The predicted molar refractivity (Wildman–Crippen MR) is 70.1 cm³/mol. The van der Waals surface area contributed by atoms with E-state index in [1.54, 1.807) is 11.3 Å². The maximum atomic E-state index is 12.2. The second-order valence-electron chi connectivity index (χ2n) is 5.32. The Labute approximate surface area is 111 Å². The Kier molecular flexibility index (Phi) is 2.91. The van der Waals surface area contributed by atoms with Crippen molar-refractivity contribution in [3.05, 3.63) is 21.3 Å². The molecule has 2 saturated carbocycles. The first-order chi connectivity index (χ1) is 8.13. The summed E-state index contributed by atoms with van der Waals surface area (Å²) in [6.07, 6.45) is 3.62. The second-order valence-corrected chi connectivity index (χ2v) is 7.12. The van der Waals surface area contributed by atoms with Crippen molar-refractivity contribution in [2.45, 2.75) is 25.8 Å². The summed E-state index contributed by atoms with van der Waals surface area (Å²) in [5.74, 6) is 2.35. The SMILES string of the molecule is CN(Cc1ccc(Cl)s1)C(=O)C1CC2CC2C1. The minimum Gasteiger partial charge on any atom is -0.340 e. The van der Waals surface area contributed by atoms with Crippen molar-refractivity contribution in [3.63, 3.8) is 0 Å². The van der Waals surface area contributed by atoms with E-state index in [1.807, 2.05) is 24.1 Å². The first kappa shape index (κ1) is 11.5. The molecule has 3 rings (SSSR count). The Hall–Kier alpha value is -0.540. The average Bonchev–Trinajstić information content (AvgIpc) is 2.72. The highest BCUT2D eigenvalue weighted by Crippen LogP contribution is 2.54. The van der Waals surface area contributed by atoms with Gasteiger partial charge in [0.1, 0.15) is 0 Å². The summed E-state index contributed by atoms with van der Waals surface area (Å²) in [5, 5.41) is 0. The fourth-order valence-electron chi connectivity index (χ4n) is 2.98. The zero-order valence-corrected chi connectivity index (χ0v) is 11.4. The van der Waals surface area contributed by atoms with E-state index in [-0.39, 0.29) is 0 Å². The highest BCUT2D eigenvalue weighted by atomic mass is 35.5. The highest BCUT2D eigenvalue weighted by molar-refractivity contribution is 7.16. The number of amides is 1. The van der Waals surface area contributed by atoms with Crippen LogP contribution in [-0.4, -0.2) is 17.9 Å². The van der Waals surface area contributed by atoms with E-state index in [2.05, 4.69) is 0 Å².